The van der Waals surface area contributed by atoms with E-state index in [0.717, 1.165) is 5.57 Å². The van der Waals surface area contributed by atoms with Crippen LogP contribution >= 0.6 is 0 Å². The van der Waals surface area contributed by atoms with Crippen molar-refractivity contribution in [1.82, 2.24) is 5.32 Å². The summed E-state index contributed by atoms with van der Waals surface area (Å²) in [7, 11) is 0. The summed E-state index contributed by atoms with van der Waals surface area (Å²) < 4.78 is 0. The lowest BCUT2D eigenvalue weighted by Gasteiger charge is -2.10. The van der Waals surface area contributed by atoms with E-state index in [1.165, 1.54) is 0 Å². The monoisotopic (exact) mass is 138 g/mol. The normalized spacial score (nSPS) is 17.9. The maximum Gasteiger partial charge on any atom is 0.336 e. The number of dihydropyridines is 1. The van der Waals surface area contributed by atoms with Gasteiger partial charge in [-0.1, -0.05) is 5.57 Å². The van der Waals surface area contributed by atoms with Crippen LogP contribution in [-0.4, -0.2) is 11.1 Å². The molecule has 0 aromatic heterocycles. The minimum Gasteiger partial charge on any atom is -0.479 e. The molecular formula is C7H8NO2. The van der Waals surface area contributed by atoms with Gasteiger partial charge in [0.25, 0.3) is 0 Å². The molecule has 0 unspecified atom stereocenters. The van der Waals surface area contributed by atoms with Crippen molar-refractivity contribution in [2.24, 2.45) is 0 Å². The largest absolute Gasteiger partial charge is 0.479 e. The van der Waals surface area contributed by atoms with Gasteiger partial charge in [0.2, 0.25) is 0 Å². The molecule has 1 radical (unpaired) electrons. The lowest BCUT2D eigenvalue weighted by molar-refractivity contribution is -0.134. The molecule has 1 aliphatic heterocycles. The maximum absolute atomic E-state index is 10.3. The van der Waals surface area contributed by atoms with Crippen LogP contribution < -0.4 is 5.32 Å². The minimum absolute atomic E-state index is 0.222. The fourth-order valence-corrected chi connectivity index (χ4v) is 0.704. The SMILES string of the molecule is CC1=C[C](C(=O)O)NC=C1. The Hall–Kier alpha value is -1.25. The predicted molar refractivity (Wildman–Crippen MR) is 36.9 cm³/mol. The highest BCUT2D eigenvalue weighted by Crippen LogP contribution is 2.08. The number of rotatable bonds is 1. The van der Waals surface area contributed by atoms with Crippen LogP contribution in [0.2, 0.25) is 0 Å². The van der Waals surface area contributed by atoms with Gasteiger partial charge in [-0.15, -0.1) is 0 Å². The molecule has 0 amide bonds. The first-order chi connectivity index (χ1) is 4.70. The van der Waals surface area contributed by atoms with Crippen molar-refractivity contribution in [3.05, 3.63) is 30.0 Å². The highest BCUT2D eigenvalue weighted by atomic mass is 16.4. The predicted octanol–water partition coefficient (Wildman–Crippen LogP) is 0.666. The molecule has 0 aliphatic carbocycles. The Kier molecular flexibility index (Phi) is 1.76. The topological polar surface area (TPSA) is 49.3 Å². The third-order valence-electron chi connectivity index (χ3n) is 1.19. The van der Waals surface area contributed by atoms with Gasteiger partial charge in [0, 0.05) is 0 Å². The van der Waals surface area contributed by atoms with Crippen molar-refractivity contribution >= 4 is 5.97 Å². The van der Waals surface area contributed by atoms with Gasteiger partial charge in [0.05, 0.1) is 0 Å². The van der Waals surface area contributed by atoms with Crippen molar-refractivity contribution in [3.8, 4) is 0 Å². The Balaban J connectivity index is 2.69. The molecule has 53 valence electrons. The van der Waals surface area contributed by atoms with E-state index in [1.54, 1.807) is 12.3 Å². The van der Waals surface area contributed by atoms with Gasteiger partial charge in [0.1, 0.15) is 0 Å². The number of carbonyl (C=O) groups is 1. The molecule has 1 heterocycles. The molecule has 1 aliphatic rings. The zero-order chi connectivity index (χ0) is 7.56. The summed E-state index contributed by atoms with van der Waals surface area (Å²) in [5.41, 5.74) is 0.941. The number of carboxylic acids is 1. The van der Waals surface area contributed by atoms with Crippen molar-refractivity contribution in [1.29, 1.82) is 0 Å². The zero-order valence-corrected chi connectivity index (χ0v) is 5.59. The highest BCUT2D eigenvalue weighted by Gasteiger charge is 2.15. The van der Waals surface area contributed by atoms with E-state index < -0.39 is 5.97 Å². The molecule has 0 aromatic carbocycles. The molecule has 0 bridgehead atoms. The van der Waals surface area contributed by atoms with Crippen molar-refractivity contribution in [2.75, 3.05) is 0 Å². The van der Waals surface area contributed by atoms with Gasteiger partial charge in [-0.25, -0.2) is 4.79 Å². The van der Waals surface area contributed by atoms with E-state index in [0.29, 0.717) is 0 Å². The Labute approximate surface area is 59.0 Å². The van der Waals surface area contributed by atoms with E-state index >= 15 is 0 Å². The highest BCUT2D eigenvalue weighted by molar-refractivity contribution is 5.85. The van der Waals surface area contributed by atoms with E-state index in [-0.39, 0.29) is 6.04 Å². The van der Waals surface area contributed by atoms with Gasteiger partial charge in [-0.2, -0.15) is 0 Å². The molecule has 0 aromatic rings. The second kappa shape index (κ2) is 2.56. The average molecular weight is 138 g/mol. The van der Waals surface area contributed by atoms with E-state index in [1.807, 2.05) is 13.0 Å². The van der Waals surface area contributed by atoms with Crippen LogP contribution in [0, 0.1) is 6.04 Å². The molecule has 0 atom stereocenters. The quantitative estimate of drug-likeness (QED) is 0.559. The van der Waals surface area contributed by atoms with Crippen molar-refractivity contribution < 1.29 is 9.90 Å². The standard InChI is InChI=1S/C7H8NO2/c1-5-2-3-8-6(4-5)7(9)10/h2-4,8H,1H3,(H,9,10). The minimum atomic E-state index is -0.927. The van der Waals surface area contributed by atoms with Gasteiger partial charge in [0.15, 0.2) is 6.04 Å². The number of aliphatic carboxylic acids is 1. The van der Waals surface area contributed by atoms with E-state index in [9.17, 15) is 4.79 Å². The van der Waals surface area contributed by atoms with Crippen LogP contribution in [0.15, 0.2) is 23.9 Å². The molecule has 3 nitrogen and oxygen atoms in total. The lowest BCUT2D eigenvalue weighted by atomic mass is 10.1. The molecule has 0 saturated heterocycles. The molecule has 2 N–H and O–H groups in total. The number of hydrogen-bond donors (Lipinski definition) is 2. The number of nitrogens with one attached hydrogen (secondary N) is 1. The molecule has 1 rings (SSSR count). The van der Waals surface area contributed by atoms with Crippen LogP contribution in [-0.2, 0) is 4.79 Å². The summed E-state index contributed by atoms with van der Waals surface area (Å²) in [6.07, 6.45) is 5.01. The number of carboxylic acid groups (broad SMARTS) is 1. The summed E-state index contributed by atoms with van der Waals surface area (Å²) in [5.74, 6) is -0.927. The first-order valence-corrected chi connectivity index (χ1v) is 2.92. The fraction of sp³-hybridized carbons (Fsp3) is 0.143. The summed E-state index contributed by atoms with van der Waals surface area (Å²) >= 11 is 0. The third-order valence-corrected chi connectivity index (χ3v) is 1.19. The molecule has 10 heavy (non-hydrogen) atoms. The molecule has 0 saturated carbocycles. The summed E-state index contributed by atoms with van der Waals surface area (Å²) in [5, 5.41) is 11.1. The number of allylic oxidation sites excluding steroid dienone is 2. The fourth-order valence-electron chi connectivity index (χ4n) is 0.704. The van der Waals surface area contributed by atoms with Gasteiger partial charge < -0.3 is 10.4 Å². The van der Waals surface area contributed by atoms with E-state index in [2.05, 4.69) is 5.32 Å². The Morgan fingerprint density at radius 3 is 2.80 bits per heavy atom. The van der Waals surface area contributed by atoms with Crippen LogP contribution in [0.4, 0.5) is 0 Å². The van der Waals surface area contributed by atoms with E-state index in [4.69, 9.17) is 5.11 Å². The molecule has 0 fully saturated rings. The molecule has 0 spiro atoms. The third kappa shape index (κ3) is 1.37. The van der Waals surface area contributed by atoms with Gasteiger partial charge in [-0.05, 0) is 25.3 Å². The zero-order valence-electron chi connectivity index (χ0n) is 5.59. The smallest absolute Gasteiger partial charge is 0.336 e. The second-order valence-electron chi connectivity index (χ2n) is 2.08. The maximum atomic E-state index is 10.3. The summed E-state index contributed by atoms with van der Waals surface area (Å²) in [6, 6.07) is 0.222. The van der Waals surface area contributed by atoms with Crippen LogP contribution in [0.3, 0.4) is 0 Å². The van der Waals surface area contributed by atoms with Gasteiger partial charge >= 0.3 is 5.97 Å². The first-order valence-electron chi connectivity index (χ1n) is 2.92. The van der Waals surface area contributed by atoms with Crippen LogP contribution in [0.1, 0.15) is 6.92 Å². The van der Waals surface area contributed by atoms with Crippen LogP contribution in [0.25, 0.3) is 0 Å². The van der Waals surface area contributed by atoms with Gasteiger partial charge in [-0.3, -0.25) is 0 Å². The van der Waals surface area contributed by atoms with Crippen LogP contribution in [0.5, 0.6) is 0 Å². The second-order valence-corrected chi connectivity index (χ2v) is 2.08. The van der Waals surface area contributed by atoms with Crippen molar-refractivity contribution in [3.63, 3.8) is 0 Å². The Bertz CT molecular complexity index is 206. The Morgan fingerprint density at radius 1 is 1.70 bits per heavy atom. The van der Waals surface area contributed by atoms with Crippen molar-refractivity contribution in [2.45, 2.75) is 6.92 Å². The lowest BCUT2D eigenvalue weighted by Crippen LogP contribution is -2.24. The molecular weight excluding hydrogens is 130 g/mol. The number of hydrogen-bond acceptors (Lipinski definition) is 2. The summed E-state index contributed by atoms with van der Waals surface area (Å²) in [4.78, 5) is 10.3. The summed E-state index contributed by atoms with van der Waals surface area (Å²) in [6.45, 7) is 1.85. The molecule has 3 heteroatoms. The Morgan fingerprint density at radius 2 is 2.40 bits per heavy atom. The average Bonchev–Trinajstić information content (AvgIpc) is 1.88. The first kappa shape index (κ1) is 6.86.